The summed E-state index contributed by atoms with van der Waals surface area (Å²) in [5.74, 6) is 0.655. The van der Waals surface area contributed by atoms with E-state index in [4.69, 9.17) is 4.74 Å². The maximum absolute atomic E-state index is 10.3. The number of ether oxygens (including phenoxy) is 1. The van der Waals surface area contributed by atoms with Gasteiger partial charge in [-0.1, -0.05) is 48.5 Å². The molecule has 5 nitrogen and oxygen atoms in total. The molecule has 1 aliphatic rings. The highest BCUT2D eigenvalue weighted by atomic mass is 32.2. The number of hydrogen-bond acceptors (Lipinski definition) is 6. The van der Waals surface area contributed by atoms with E-state index in [-0.39, 0.29) is 6.61 Å². The molecule has 5 atom stereocenters. The minimum absolute atomic E-state index is 0.297. The Morgan fingerprint density at radius 2 is 1.52 bits per heavy atom. The van der Waals surface area contributed by atoms with Gasteiger partial charge in [0.1, 0.15) is 18.0 Å². The first-order chi connectivity index (χ1) is 13.1. The van der Waals surface area contributed by atoms with E-state index >= 15 is 0 Å². The van der Waals surface area contributed by atoms with Gasteiger partial charge in [-0.25, -0.2) is 0 Å². The Morgan fingerprint density at radius 3 is 2.26 bits per heavy atom. The molecule has 0 unspecified atom stereocenters. The lowest BCUT2D eigenvalue weighted by atomic mass is 10.0. The van der Waals surface area contributed by atoms with Crippen molar-refractivity contribution >= 4 is 11.8 Å². The van der Waals surface area contributed by atoms with Crippen molar-refractivity contribution in [1.82, 2.24) is 0 Å². The van der Waals surface area contributed by atoms with E-state index in [2.05, 4.69) is 12.1 Å². The molecule has 0 spiro atoms. The molecular formula is C21H26O5S. The maximum Gasteiger partial charge on any atom is 0.173 e. The van der Waals surface area contributed by atoms with E-state index in [1.165, 1.54) is 5.56 Å². The van der Waals surface area contributed by atoms with Crippen molar-refractivity contribution in [2.75, 3.05) is 6.61 Å². The maximum atomic E-state index is 10.3. The van der Waals surface area contributed by atoms with Crippen molar-refractivity contribution in [1.29, 1.82) is 0 Å². The van der Waals surface area contributed by atoms with Gasteiger partial charge in [0.25, 0.3) is 0 Å². The summed E-state index contributed by atoms with van der Waals surface area (Å²) in [6.07, 6.45) is -1.01. The quantitative estimate of drug-likeness (QED) is 0.576. The second-order valence-corrected chi connectivity index (χ2v) is 8.10. The number of aliphatic hydroxyl groups is 4. The van der Waals surface area contributed by atoms with Crippen LogP contribution in [0.1, 0.15) is 17.5 Å². The predicted molar refractivity (Wildman–Crippen MR) is 106 cm³/mol. The first-order valence-corrected chi connectivity index (χ1v) is 10.1. The largest absolute Gasteiger partial charge is 0.477 e. The standard InChI is InChI=1S/C21H26O5S/c22-13-17-18(23)19(24)20(25)21(27-17)26-16-12-5-4-10-15(16)11-6-9-14-7-2-1-3-8-14/h1-5,7-8,10,12,17-25H,6,9,11,13H2/t17-,18-,19+,20-,21-/m1/s1. The molecule has 1 fully saturated rings. The van der Waals surface area contributed by atoms with Crippen molar-refractivity contribution in [3.63, 3.8) is 0 Å². The third kappa shape index (κ3) is 5.03. The Morgan fingerprint density at radius 1 is 0.815 bits per heavy atom. The Kier molecular flexibility index (Phi) is 7.15. The number of rotatable bonds is 7. The third-order valence-corrected chi connectivity index (χ3v) is 6.24. The van der Waals surface area contributed by atoms with E-state index in [9.17, 15) is 20.4 Å². The average molecular weight is 391 g/mol. The van der Waals surface area contributed by atoms with Crippen LogP contribution in [0.4, 0.5) is 0 Å². The summed E-state index contributed by atoms with van der Waals surface area (Å²) >= 11 is 1.14. The van der Waals surface area contributed by atoms with E-state index in [1.807, 2.05) is 42.5 Å². The van der Waals surface area contributed by atoms with Crippen molar-refractivity contribution < 1.29 is 25.2 Å². The molecular weight excluding hydrogens is 364 g/mol. The number of benzene rings is 2. The summed E-state index contributed by atoms with van der Waals surface area (Å²) < 4.78 is 5.98. The summed E-state index contributed by atoms with van der Waals surface area (Å²) in [4.78, 5) is 0. The number of aryl methyl sites for hydroxylation is 2. The number of hydrogen-bond donors (Lipinski definition) is 4. The fourth-order valence-corrected chi connectivity index (χ4v) is 4.48. The zero-order valence-corrected chi connectivity index (χ0v) is 15.8. The van der Waals surface area contributed by atoms with Gasteiger partial charge in [-0.05, 0) is 36.5 Å². The first-order valence-electron chi connectivity index (χ1n) is 9.19. The first kappa shape index (κ1) is 20.2. The number of aliphatic hydroxyl groups excluding tert-OH is 4. The molecule has 1 saturated heterocycles. The fourth-order valence-electron chi connectivity index (χ4n) is 3.24. The summed E-state index contributed by atoms with van der Waals surface area (Å²) in [5.41, 5.74) is 1.57. The summed E-state index contributed by atoms with van der Waals surface area (Å²) in [6, 6.07) is 17.9. The van der Waals surface area contributed by atoms with Crippen LogP contribution in [0.15, 0.2) is 54.6 Å². The van der Waals surface area contributed by atoms with Gasteiger partial charge in [0.2, 0.25) is 0 Å². The van der Waals surface area contributed by atoms with Crippen LogP contribution in [-0.4, -0.2) is 56.0 Å². The van der Waals surface area contributed by atoms with Crippen LogP contribution in [0.2, 0.25) is 0 Å². The van der Waals surface area contributed by atoms with Gasteiger partial charge in [0.05, 0.1) is 18.0 Å². The fraction of sp³-hybridized carbons (Fsp3) is 0.429. The van der Waals surface area contributed by atoms with Crippen LogP contribution in [0.3, 0.4) is 0 Å². The zero-order chi connectivity index (χ0) is 19.2. The molecule has 1 heterocycles. The molecule has 0 saturated carbocycles. The van der Waals surface area contributed by atoms with Crippen molar-refractivity contribution in [3.8, 4) is 5.75 Å². The minimum atomic E-state index is -1.35. The molecule has 1 aliphatic heterocycles. The van der Waals surface area contributed by atoms with Crippen LogP contribution >= 0.6 is 11.8 Å². The van der Waals surface area contributed by atoms with Crippen molar-refractivity contribution in [2.45, 2.75) is 48.3 Å². The molecule has 2 aromatic carbocycles. The molecule has 0 aromatic heterocycles. The van der Waals surface area contributed by atoms with E-state index < -0.39 is 29.0 Å². The lowest BCUT2D eigenvalue weighted by Crippen LogP contribution is -2.55. The normalized spacial score (nSPS) is 28.1. The van der Waals surface area contributed by atoms with Crippen molar-refractivity contribution in [2.24, 2.45) is 0 Å². The van der Waals surface area contributed by atoms with Crippen LogP contribution in [0, 0.1) is 0 Å². The van der Waals surface area contributed by atoms with Crippen molar-refractivity contribution in [3.05, 3.63) is 65.7 Å². The highest BCUT2D eigenvalue weighted by molar-refractivity contribution is 8.00. The van der Waals surface area contributed by atoms with Crippen LogP contribution in [0.5, 0.6) is 5.75 Å². The van der Waals surface area contributed by atoms with Gasteiger partial charge >= 0.3 is 0 Å². The molecule has 2 aromatic rings. The van der Waals surface area contributed by atoms with Gasteiger partial charge in [-0.15, -0.1) is 11.8 Å². The topological polar surface area (TPSA) is 90.2 Å². The van der Waals surface area contributed by atoms with E-state index in [0.29, 0.717) is 5.75 Å². The third-order valence-electron chi connectivity index (χ3n) is 4.82. The molecule has 0 aliphatic carbocycles. The number of thioether (sulfide) groups is 1. The van der Waals surface area contributed by atoms with Crippen LogP contribution < -0.4 is 4.74 Å². The van der Waals surface area contributed by atoms with Gasteiger partial charge in [0, 0.05) is 0 Å². The zero-order valence-electron chi connectivity index (χ0n) is 15.0. The van der Waals surface area contributed by atoms with E-state index in [1.54, 1.807) is 0 Å². The highest BCUT2D eigenvalue weighted by Gasteiger charge is 2.44. The molecule has 6 heteroatoms. The smallest absolute Gasteiger partial charge is 0.173 e. The predicted octanol–water partition coefficient (Wildman–Crippen LogP) is 1.76. The second-order valence-electron chi connectivity index (χ2n) is 6.76. The Labute approximate surface area is 163 Å². The molecule has 0 bridgehead atoms. The Balaban J connectivity index is 1.64. The van der Waals surface area contributed by atoms with E-state index in [0.717, 1.165) is 36.6 Å². The van der Waals surface area contributed by atoms with Gasteiger partial charge in [-0.3, -0.25) is 0 Å². The average Bonchev–Trinajstić information content (AvgIpc) is 2.70. The number of para-hydroxylation sites is 1. The van der Waals surface area contributed by atoms with Gasteiger partial charge in [-0.2, -0.15) is 0 Å². The molecule has 4 N–H and O–H groups in total. The summed E-state index contributed by atoms with van der Waals surface area (Å²) in [5, 5.41) is 39.0. The molecule has 27 heavy (non-hydrogen) atoms. The molecule has 146 valence electrons. The molecule has 0 radical (unpaired) electrons. The second kappa shape index (κ2) is 9.57. The lowest BCUT2D eigenvalue weighted by Gasteiger charge is -2.39. The molecule has 3 rings (SSSR count). The summed E-state index contributed by atoms with van der Waals surface area (Å²) in [6.45, 7) is -0.297. The van der Waals surface area contributed by atoms with Gasteiger partial charge < -0.3 is 25.2 Å². The van der Waals surface area contributed by atoms with Crippen LogP contribution in [0.25, 0.3) is 0 Å². The van der Waals surface area contributed by atoms with Crippen LogP contribution in [-0.2, 0) is 12.8 Å². The minimum Gasteiger partial charge on any atom is -0.477 e. The lowest BCUT2D eigenvalue weighted by molar-refractivity contribution is -0.0910. The monoisotopic (exact) mass is 390 g/mol. The Bertz CT molecular complexity index is 709. The highest BCUT2D eigenvalue weighted by Crippen LogP contribution is 2.35. The molecule has 0 amide bonds. The Hall–Kier alpha value is -1.57. The summed E-state index contributed by atoms with van der Waals surface area (Å²) in [7, 11) is 0. The SMILES string of the molecule is OC[C@H]1S[C@@H](Oc2ccccc2CCCc2ccccc2)[C@H](O)[C@@H](O)[C@@H]1O. The van der Waals surface area contributed by atoms with Gasteiger partial charge in [0.15, 0.2) is 5.44 Å².